The first-order valence-corrected chi connectivity index (χ1v) is 7.21. The van der Waals surface area contributed by atoms with Crippen LogP contribution in [0.5, 0.6) is 0 Å². The van der Waals surface area contributed by atoms with E-state index >= 15 is 0 Å². The standard InChI is InChI=1S/C15H22N4O3/c1-10-6-11(9-20)17-13(16-10)19-7-12(8-19)18(5)14(21)22-15(2,3)4/h6,9,12H,7-8H2,1-5H3. The lowest BCUT2D eigenvalue weighted by molar-refractivity contribution is 0.0196. The van der Waals surface area contributed by atoms with Gasteiger partial charge in [-0.25, -0.2) is 14.8 Å². The molecule has 0 spiro atoms. The van der Waals surface area contributed by atoms with Crippen LogP contribution in [0, 0.1) is 6.92 Å². The molecule has 0 atom stereocenters. The average molecular weight is 306 g/mol. The van der Waals surface area contributed by atoms with Gasteiger partial charge in [0.2, 0.25) is 5.95 Å². The Morgan fingerprint density at radius 1 is 1.41 bits per heavy atom. The van der Waals surface area contributed by atoms with E-state index in [0.29, 0.717) is 31.0 Å². The molecule has 7 heteroatoms. The van der Waals surface area contributed by atoms with Gasteiger partial charge in [-0.05, 0) is 33.8 Å². The summed E-state index contributed by atoms with van der Waals surface area (Å²) in [7, 11) is 1.73. The number of hydrogen-bond acceptors (Lipinski definition) is 6. The van der Waals surface area contributed by atoms with E-state index in [1.165, 1.54) is 0 Å². The topological polar surface area (TPSA) is 75.6 Å². The Balaban J connectivity index is 1.96. The summed E-state index contributed by atoms with van der Waals surface area (Å²) in [5.74, 6) is 0.524. The van der Waals surface area contributed by atoms with Crippen molar-refractivity contribution in [2.24, 2.45) is 0 Å². The van der Waals surface area contributed by atoms with Gasteiger partial charge in [-0.15, -0.1) is 0 Å². The fourth-order valence-electron chi connectivity index (χ4n) is 2.13. The summed E-state index contributed by atoms with van der Waals surface area (Å²) in [6.45, 7) is 8.59. The van der Waals surface area contributed by atoms with E-state index in [2.05, 4.69) is 9.97 Å². The summed E-state index contributed by atoms with van der Waals surface area (Å²) in [4.78, 5) is 34.9. The van der Waals surface area contributed by atoms with Crippen LogP contribution in [-0.4, -0.2) is 59.0 Å². The lowest BCUT2D eigenvalue weighted by Crippen LogP contribution is -2.60. The predicted octanol–water partition coefficient (Wildman–Crippen LogP) is 1.65. The molecule has 0 aliphatic carbocycles. The first-order chi connectivity index (χ1) is 10.2. The molecule has 22 heavy (non-hydrogen) atoms. The van der Waals surface area contributed by atoms with E-state index in [4.69, 9.17) is 4.74 Å². The number of carbonyl (C=O) groups is 2. The van der Waals surface area contributed by atoms with Gasteiger partial charge in [-0.3, -0.25) is 4.79 Å². The Hall–Kier alpha value is -2.18. The van der Waals surface area contributed by atoms with Crippen molar-refractivity contribution < 1.29 is 14.3 Å². The molecule has 0 saturated carbocycles. The Kier molecular flexibility index (Phi) is 4.35. The lowest BCUT2D eigenvalue weighted by Gasteiger charge is -2.43. The smallest absolute Gasteiger partial charge is 0.410 e. The maximum atomic E-state index is 12.0. The number of hydrogen-bond donors (Lipinski definition) is 0. The number of likely N-dealkylation sites (N-methyl/N-ethyl adjacent to an activating group) is 1. The average Bonchev–Trinajstić information content (AvgIpc) is 2.34. The van der Waals surface area contributed by atoms with Gasteiger partial charge in [-0.1, -0.05) is 0 Å². The molecule has 1 aliphatic heterocycles. The van der Waals surface area contributed by atoms with Crippen LogP contribution in [0.4, 0.5) is 10.7 Å². The summed E-state index contributed by atoms with van der Waals surface area (Å²) in [5.41, 5.74) is 0.607. The molecular weight excluding hydrogens is 284 g/mol. The van der Waals surface area contributed by atoms with Crippen LogP contribution in [-0.2, 0) is 4.74 Å². The van der Waals surface area contributed by atoms with Crippen molar-refractivity contribution in [3.63, 3.8) is 0 Å². The van der Waals surface area contributed by atoms with Crippen molar-refractivity contribution in [2.45, 2.75) is 39.3 Å². The maximum absolute atomic E-state index is 12.0. The number of aryl methyl sites for hydroxylation is 1. The zero-order valence-corrected chi connectivity index (χ0v) is 13.7. The number of ether oxygens (including phenoxy) is 1. The molecule has 1 aliphatic rings. The second kappa shape index (κ2) is 5.90. The summed E-state index contributed by atoms with van der Waals surface area (Å²) >= 11 is 0. The van der Waals surface area contributed by atoms with Gasteiger partial charge < -0.3 is 14.5 Å². The van der Waals surface area contributed by atoms with E-state index in [0.717, 1.165) is 5.69 Å². The molecule has 0 unspecified atom stereocenters. The van der Waals surface area contributed by atoms with Crippen LogP contribution in [0.3, 0.4) is 0 Å². The molecule has 2 rings (SSSR count). The number of anilines is 1. The number of amides is 1. The van der Waals surface area contributed by atoms with Crippen LogP contribution in [0.2, 0.25) is 0 Å². The molecule has 0 radical (unpaired) electrons. The third-order valence-electron chi connectivity index (χ3n) is 3.36. The molecule has 0 N–H and O–H groups in total. The Morgan fingerprint density at radius 3 is 2.59 bits per heavy atom. The van der Waals surface area contributed by atoms with Gasteiger partial charge in [0.1, 0.15) is 11.3 Å². The second-order valence-corrected chi connectivity index (χ2v) is 6.50. The fraction of sp³-hybridized carbons (Fsp3) is 0.600. The highest BCUT2D eigenvalue weighted by atomic mass is 16.6. The Morgan fingerprint density at radius 2 is 2.05 bits per heavy atom. The fourth-order valence-corrected chi connectivity index (χ4v) is 2.13. The van der Waals surface area contributed by atoms with Gasteiger partial charge in [0.25, 0.3) is 0 Å². The van der Waals surface area contributed by atoms with Crippen LogP contribution < -0.4 is 4.90 Å². The molecule has 2 heterocycles. The molecule has 1 saturated heterocycles. The van der Waals surface area contributed by atoms with Crippen molar-refractivity contribution in [2.75, 3.05) is 25.0 Å². The summed E-state index contributed by atoms with van der Waals surface area (Å²) in [5, 5.41) is 0. The normalized spacial score (nSPS) is 15.2. The predicted molar refractivity (Wildman–Crippen MR) is 82.2 cm³/mol. The minimum Gasteiger partial charge on any atom is -0.444 e. The minimum atomic E-state index is -0.507. The molecule has 1 amide bonds. The number of rotatable bonds is 3. The quantitative estimate of drug-likeness (QED) is 0.790. The van der Waals surface area contributed by atoms with E-state index in [1.54, 1.807) is 18.0 Å². The number of aromatic nitrogens is 2. The largest absolute Gasteiger partial charge is 0.444 e. The van der Waals surface area contributed by atoms with E-state index in [-0.39, 0.29) is 12.1 Å². The van der Waals surface area contributed by atoms with Crippen LogP contribution >= 0.6 is 0 Å². The van der Waals surface area contributed by atoms with Crippen LogP contribution in [0.1, 0.15) is 37.0 Å². The highest BCUT2D eigenvalue weighted by Crippen LogP contribution is 2.21. The monoisotopic (exact) mass is 306 g/mol. The molecule has 1 fully saturated rings. The molecule has 0 aromatic carbocycles. The minimum absolute atomic E-state index is 0.0543. The van der Waals surface area contributed by atoms with E-state index < -0.39 is 5.60 Å². The van der Waals surface area contributed by atoms with Gasteiger partial charge in [0.15, 0.2) is 6.29 Å². The number of nitrogens with zero attached hydrogens (tertiary/aromatic N) is 4. The molecule has 0 bridgehead atoms. The first kappa shape index (κ1) is 16.2. The maximum Gasteiger partial charge on any atom is 0.410 e. The molecule has 7 nitrogen and oxygen atoms in total. The van der Waals surface area contributed by atoms with Crippen molar-refractivity contribution in [1.29, 1.82) is 0 Å². The highest BCUT2D eigenvalue weighted by molar-refractivity contribution is 5.72. The molecule has 1 aromatic heterocycles. The third-order valence-corrected chi connectivity index (χ3v) is 3.36. The number of aldehydes is 1. The van der Waals surface area contributed by atoms with Crippen LogP contribution in [0.15, 0.2) is 6.07 Å². The highest BCUT2D eigenvalue weighted by Gasteiger charge is 2.35. The lowest BCUT2D eigenvalue weighted by atomic mass is 10.1. The van der Waals surface area contributed by atoms with Crippen molar-refractivity contribution >= 4 is 18.3 Å². The SMILES string of the molecule is Cc1cc(C=O)nc(N2CC(N(C)C(=O)OC(C)(C)C)C2)n1. The van der Waals surface area contributed by atoms with E-state index in [1.807, 2.05) is 32.6 Å². The van der Waals surface area contributed by atoms with Crippen molar-refractivity contribution in [1.82, 2.24) is 14.9 Å². The Labute approximate surface area is 130 Å². The van der Waals surface area contributed by atoms with Crippen molar-refractivity contribution in [3.8, 4) is 0 Å². The first-order valence-electron chi connectivity index (χ1n) is 7.21. The van der Waals surface area contributed by atoms with Crippen LogP contribution in [0.25, 0.3) is 0 Å². The molecule has 1 aromatic rings. The van der Waals surface area contributed by atoms with Gasteiger partial charge in [0, 0.05) is 25.8 Å². The molecule has 120 valence electrons. The summed E-state index contributed by atoms with van der Waals surface area (Å²) < 4.78 is 5.34. The zero-order chi connectivity index (χ0) is 16.5. The van der Waals surface area contributed by atoms with Crippen molar-refractivity contribution in [3.05, 3.63) is 17.5 Å². The van der Waals surface area contributed by atoms with E-state index in [9.17, 15) is 9.59 Å². The molecular formula is C15H22N4O3. The van der Waals surface area contributed by atoms with Gasteiger partial charge >= 0.3 is 6.09 Å². The third kappa shape index (κ3) is 3.72. The summed E-state index contributed by atoms with van der Waals surface area (Å²) in [6, 6.07) is 1.69. The second-order valence-electron chi connectivity index (χ2n) is 6.50. The van der Waals surface area contributed by atoms with Gasteiger partial charge in [-0.2, -0.15) is 0 Å². The summed E-state index contributed by atoms with van der Waals surface area (Å²) in [6.07, 6.45) is 0.373. The zero-order valence-electron chi connectivity index (χ0n) is 13.7. The Bertz CT molecular complexity index is 577. The van der Waals surface area contributed by atoms with Gasteiger partial charge in [0.05, 0.1) is 6.04 Å². The number of carbonyl (C=O) groups excluding carboxylic acids is 2.